The Morgan fingerprint density at radius 3 is 2.42 bits per heavy atom. The number of hydrogen-bond acceptors (Lipinski definition) is 5. The van der Waals surface area contributed by atoms with E-state index in [1.54, 1.807) is 20.1 Å². The number of aliphatic hydroxyl groups is 1. The molecule has 8 heteroatoms. The minimum Gasteiger partial charge on any atom is -0.381 e. The van der Waals surface area contributed by atoms with Crippen LogP contribution in [0.1, 0.15) is 43.2 Å². The molecule has 0 radical (unpaired) electrons. The van der Waals surface area contributed by atoms with Gasteiger partial charge in [0.1, 0.15) is 6.23 Å². The maximum Gasteiger partial charge on any atom is 0.416 e. The third-order valence-corrected chi connectivity index (χ3v) is 6.78. The first-order valence-corrected chi connectivity index (χ1v) is 11.3. The van der Waals surface area contributed by atoms with Gasteiger partial charge in [0.05, 0.1) is 12.2 Å². The number of nitrogens with zero attached hydrogens (tertiary/aromatic N) is 2. The van der Waals surface area contributed by atoms with Crippen molar-refractivity contribution in [2.45, 2.75) is 57.5 Å². The summed E-state index contributed by atoms with van der Waals surface area (Å²) in [5, 5.41) is 13.0. The number of hydrogen-bond donors (Lipinski definition) is 2. The van der Waals surface area contributed by atoms with Crippen LogP contribution in [0.15, 0.2) is 18.2 Å². The standard InChI is InChI=1S/C23H36F3N3O2/c1-17-20(23(24,25)26)4-3-5-21(17)29-14-12-28(13-15-29)11-10-18-6-8-19(9-7-18)27-22(30)16-31-2/h3-5,18-19,22,27,30H,6-16H2,1-2H3. The third kappa shape index (κ3) is 6.81. The van der Waals surface area contributed by atoms with Crippen LogP contribution in [-0.2, 0) is 10.9 Å². The number of halogens is 3. The third-order valence-electron chi connectivity index (χ3n) is 6.78. The van der Waals surface area contributed by atoms with E-state index in [4.69, 9.17) is 4.74 Å². The number of alkyl halides is 3. The monoisotopic (exact) mass is 443 g/mol. The maximum absolute atomic E-state index is 13.2. The van der Waals surface area contributed by atoms with Gasteiger partial charge in [0.2, 0.25) is 0 Å². The predicted molar refractivity (Wildman–Crippen MR) is 116 cm³/mol. The van der Waals surface area contributed by atoms with E-state index in [1.807, 2.05) is 0 Å². The molecule has 0 aromatic heterocycles. The highest BCUT2D eigenvalue weighted by Gasteiger charge is 2.34. The summed E-state index contributed by atoms with van der Waals surface area (Å²) in [4.78, 5) is 4.52. The van der Waals surface area contributed by atoms with Crippen LogP contribution in [0, 0.1) is 12.8 Å². The highest BCUT2D eigenvalue weighted by atomic mass is 19.4. The largest absolute Gasteiger partial charge is 0.416 e. The highest BCUT2D eigenvalue weighted by Crippen LogP contribution is 2.36. The summed E-state index contributed by atoms with van der Waals surface area (Å²) >= 11 is 0. The minimum atomic E-state index is -4.31. The number of anilines is 1. The molecule has 176 valence electrons. The first-order chi connectivity index (χ1) is 14.8. The van der Waals surface area contributed by atoms with Gasteiger partial charge in [-0.15, -0.1) is 0 Å². The second-order valence-corrected chi connectivity index (χ2v) is 8.92. The molecule has 3 rings (SSSR count). The number of benzene rings is 1. The Balaban J connectivity index is 1.40. The molecule has 1 saturated carbocycles. The van der Waals surface area contributed by atoms with Crippen molar-refractivity contribution in [2.24, 2.45) is 5.92 Å². The fourth-order valence-corrected chi connectivity index (χ4v) is 4.95. The summed E-state index contributed by atoms with van der Waals surface area (Å²) < 4.78 is 44.6. The van der Waals surface area contributed by atoms with Gasteiger partial charge in [0, 0.05) is 45.0 Å². The second kappa shape index (κ2) is 11.0. The summed E-state index contributed by atoms with van der Waals surface area (Å²) in [5.74, 6) is 0.710. The maximum atomic E-state index is 13.2. The lowest BCUT2D eigenvalue weighted by Gasteiger charge is -2.38. The molecule has 2 fully saturated rings. The fraction of sp³-hybridized carbons (Fsp3) is 0.739. The van der Waals surface area contributed by atoms with Crippen LogP contribution in [0.3, 0.4) is 0 Å². The molecule has 1 heterocycles. The molecular weight excluding hydrogens is 407 g/mol. The molecule has 0 spiro atoms. The molecule has 1 aliphatic heterocycles. The molecule has 0 bridgehead atoms. The molecule has 0 amide bonds. The SMILES string of the molecule is COCC(O)NC1CCC(CCN2CCN(c3cccc(C(F)(F)F)c3C)CC2)CC1. The van der Waals surface area contributed by atoms with Crippen LogP contribution in [0.5, 0.6) is 0 Å². The van der Waals surface area contributed by atoms with E-state index in [9.17, 15) is 18.3 Å². The van der Waals surface area contributed by atoms with Crippen LogP contribution in [0.2, 0.25) is 0 Å². The highest BCUT2D eigenvalue weighted by molar-refractivity contribution is 5.57. The summed E-state index contributed by atoms with van der Waals surface area (Å²) in [7, 11) is 1.59. The molecule has 1 saturated heterocycles. The first-order valence-electron chi connectivity index (χ1n) is 11.3. The summed E-state index contributed by atoms with van der Waals surface area (Å²) in [6.07, 6.45) is 0.751. The normalized spacial score (nSPS) is 24.4. The first kappa shape index (κ1) is 24.3. The lowest BCUT2D eigenvalue weighted by Crippen LogP contribution is -2.47. The number of rotatable bonds is 8. The Kier molecular flexibility index (Phi) is 8.61. The van der Waals surface area contributed by atoms with Crippen molar-refractivity contribution in [1.29, 1.82) is 0 Å². The van der Waals surface area contributed by atoms with Crippen molar-refractivity contribution in [3.63, 3.8) is 0 Å². The average Bonchev–Trinajstić information content (AvgIpc) is 2.73. The van der Waals surface area contributed by atoms with E-state index in [2.05, 4.69) is 15.1 Å². The summed E-state index contributed by atoms with van der Waals surface area (Å²) in [5.41, 5.74) is 0.493. The smallest absolute Gasteiger partial charge is 0.381 e. The van der Waals surface area contributed by atoms with Crippen molar-refractivity contribution < 1.29 is 23.0 Å². The van der Waals surface area contributed by atoms with Gasteiger partial charge in [-0.25, -0.2) is 0 Å². The Morgan fingerprint density at radius 2 is 1.81 bits per heavy atom. The fourth-order valence-electron chi connectivity index (χ4n) is 4.95. The lowest BCUT2D eigenvalue weighted by atomic mass is 9.84. The Morgan fingerprint density at radius 1 is 1.13 bits per heavy atom. The lowest BCUT2D eigenvalue weighted by molar-refractivity contribution is -0.138. The molecule has 2 aliphatic rings. The van der Waals surface area contributed by atoms with Gasteiger partial charge in [-0.2, -0.15) is 13.2 Å². The second-order valence-electron chi connectivity index (χ2n) is 8.92. The Labute approximate surface area is 183 Å². The molecule has 5 nitrogen and oxygen atoms in total. The Bertz CT molecular complexity index is 685. The molecule has 1 aliphatic carbocycles. The van der Waals surface area contributed by atoms with Crippen molar-refractivity contribution >= 4 is 5.69 Å². The van der Waals surface area contributed by atoms with Gasteiger partial charge in [-0.05, 0) is 69.2 Å². The zero-order valence-electron chi connectivity index (χ0n) is 18.6. The van der Waals surface area contributed by atoms with Gasteiger partial charge < -0.3 is 14.7 Å². The quantitative estimate of drug-likeness (QED) is 0.601. The van der Waals surface area contributed by atoms with Crippen molar-refractivity contribution in [2.75, 3.05) is 51.3 Å². The molecule has 31 heavy (non-hydrogen) atoms. The van der Waals surface area contributed by atoms with Gasteiger partial charge in [-0.1, -0.05) is 6.07 Å². The van der Waals surface area contributed by atoms with Gasteiger partial charge in [0.15, 0.2) is 0 Å². The topological polar surface area (TPSA) is 48.0 Å². The number of methoxy groups -OCH3 is 1. The summed E-state index contributed by atoms with van der Waals surface area (Å²) in [6, 6.07) is 4.84. The molecule has 1 aromatic carbocycles. The molecule has 1 unspecified atom stereocenters. The van der Waals surface area contributed by atoms with Crippen LogP contribution in [-0.4, -0.2) is 68.7 Å². The number of piperazine rings is 1. The van der Waals surface area contributed by atoms with E-state index >= 15 is 0 Å². The van der Waals surface area contributed by atoms with E-state index in [0.29, 0.717) is 29.8 Å². The zero-order valence-corrected chi connectivity index (χ0v) is 18.6. The van der Waals surface area contributed by atoms with Crippen molar-refractivity contribution in [3.8, 4) is 0 Å². The number of aliphatic hydroxyl groups excluding tert-OH is 1. The van der Waals surface area contributed by atoms with Gasteiger partial charge in [-0.3, -0.25) is 10.2 Å². The molecule has 1 aromatic rings. The van der Waals surface area contributed by atoms with E-state index in [1.165, 1.54) is 18.9 Å². The number of nitrogens with one attached hydrogen (secondary N) is 1. The van der Waals surface area contributed by atoms with Crippen molar-refractivity contribution in [3.05, 3.63) is 29.3 Å². The molecule has 2 N–H and O–H groups in total. The van der Waals surface area contributed by atoms with Crippen LogP contribution >= 0.6 is 0 Å². The van der Waals surface area contributed by atoms with E-state index in [-0.39, 0.29) is 0 Å². The number of ether oxygens (including phenoxy) is 1. The van der Waals surface area contributed by atoms with E-state index in [0.717, 1.165) is 58.1 Å². The van der Waals surface area contributed by atoms with Crippen LogP contribution in [0.25, 0.3) is 0 Å². The Hall–Kier alpha value is -1.35. The van der Waals surface area contributed by atoms with Crippen LogP contribution < -0.4 is 10.2 Å². The molecular formula is C23H36F3N3O2. The zero-order chi connectivity index (χ0) is 22.4. The predicted octanol–water partition coefficient (Wildman–Crippen LogP) is 3.64. The van der Waals surface area contributed by atoms with Crippen LogP contribution in [0.4, 0.5) is 18.9 Å². The van der Waals surface area contributed by atoms with Gasteiger partial charge in [0.25, 0.3) is 0 Å². The van der Waals surface area contributed by atoms with Crippen molar-refractivity contribution in [1.82, 2.24) is 10.2 Å². The van der Waals surface area contributed by atoms with E-state index < -0.39 is 18.0 Å². The minimum absolute atomic E-state index is 0.311. The summed E-state index contributed by atoms with van der Waals surface area (Å²) in [6.45, 7) is 6.22. The average molecular weight is 444 g/mol. The van der Waals surface area contributed by atoms with Gasteiger partial charge >= 0.3 is 6.18 Å². The molecule has 1 atom stereocenters.